The largest absolute Gasteiger partial charge is 0.298 e. The minimum absolute atomic E-state index is 0.532. The molecule has 0 radical (unpaired) electrons. The topological polar surface area (TPSA) is 34.1 Å². The van der Waals surface area contributed by atoms with Crippen LogP contribution < -0.4 is 0 Å². The summed E-state index contributed by atoms with van der Waals surface area (Å²) >= 11 is 0. The quantitative estimate of drug-likeness (QED) is 0.717. The molecule has 16 heavy (non-hydrogen) atoms. The SMILES string of the molecule is O=Cc1cccc(C=O)c1.c1ccccc1. The number of hydrogen-bond acceptors (Lipinski definition) is 2. The highest BCUT2D eigenvalue weighted by Crippen LogP contribution is 1.99. The van der Waals surface area contributed by atoms with Crippen molar-refractivity contribution in [1.82, 2.24) is 0 Å². The number of aldehydes is 2. The maximum absolute atomic E-state index is 10.2. The van der Waals surface area contributed by atoms with Gasteiger partial charge < -0.3 is 0 Å². The van der Waals surface area contributed by atoms with Crippen molar-refractivity contribution in [3.8, 4) is 0 Å². The minimum Gasteiger partial charge on any atom is -0.298 e. The molecule has 0 bridgehead atoms. The van der Waals surface area contributed by atoms with Crippen molar-refractivity contribution in [3.05, 3.63) is 71.8 Å². The highest BCUT2D eigenvalue weighted by Gasteiger charge is 1.90. The Labute approximate surface area is 94.5 Å². The standard InChI is InChI=1S/C8H6O2.C6H6/c9-5-7-2-1-3-8(4-7)6-10;1-2-4-6-5-3-1/h1-6H;1-6H. The van der Waals surface area contributed by atoms with Crippen LogP contribution in [0.5, 0.6) is 0 Å². The first kappa shape index (κ1) is 11.9. The van der Waals surface area contributed by atoms with E-state index in [0.29, 0.717) is 23.7 Å². The third-order valence-corrected chi connectivity index (χ3v) is 1.85. The molecular formula is C14H12O2. The summed E-state index contributed by atoms with van der Waals surface area (Å²) < 4.78 is 0. The molecule has 2 heteroatoms. The monoisotopic (exact) mass is 212 g/mol. The Morgan fingerprint density at radius 2 is 1.00 bits per heavy atom. The van der Waals surface area contributed by atoms with Gasteiger partial charge in [0, 0.05) is 11.1 Å². The molecule has 0 N–H and O–H groups in total. The number of carbonyl (C=O) groups excluding carboxylic acids is 2. The van der Waals surface area contributed by atoms with Crippen molar-refractivity contribution >= 4 is 12.6 Å². The van der Waals surface area contributed by atoms with Crippen LogP contribution in [-0.2, 0) is 0 Å². The summed E-state index contributed by atoms with van der Waals surface area (Å²) in [4.78, 5) is 20.3. The van der Waals surface area contributed by atoms with Crippen molar-refractivity contribution < 1.29 is 9.59 Å². The lowest BCUT2D eigenvalue weighted by molar-refractivity contribution is 0.112. The molecule has 0 atom stereocenters. The van der Waals surface area contributed by atoms with Crippen molar-refractivity contribution in [1.29, 1.82) is 0 Å². The highest BCUT2D eigenvalue weighted by atomic mass is 16.1. The Kier molecular flexibility index (Phi) is 5.28. The normalized spacial score (nSPS) is 8.50. The predicted molar refractivity (Wildman–Crippen MR) is 63.7 cm³/mol. The van der Waals surface area contributed by atoms with E-state index < -0.39 is 0 Å². The fourth-order valence-electron chi connectivity index (χ4n) is 1.09. The van der Waals surface area contributed by atoms with E-state index >= 15 is 0 Å². The van der Waals surface area contributed by atoms with Gasteiger partial charge in [-0.15, -0.1) is 0 Å². The molecular weight excluding hydrogens is 200 g/mol. The van der Waals surface area contributed by atoms with Gasteiger partial charge in [0.05, 0.1) is 0 Å². The van der Waals surface area contributed by atoms with Crippen LogP contribution in [0.4, 0.5) is 0 Å². The highest BCUT2D eigenvalue weighted by molar-refractivity contribution is 5.81. The van der Waals surface area contributed by atoms with Crippen molar-refractivity contribution in [2.24, 2.45) is 0 Å². The summed E-state index contributed by atoms with van der Waals surface area (Å²) in [6, 6.07) is 18.5. The van der Waals surface area contributed by atoms with Gasteiger partial charge >= 0.3 is 0 Å². The molecule has 2 aromatic carbocycles. The zero-order valence-corrected chi connectivity index (χ0v) is 8.74. The minimum atomic E-state index is 0.532. The molecule has 2 aromatic rings. The Hall–Kier alpha value is -2.22. The lowest BCUT2D eigenvalue weighted by atomic mass is 10.2. The van der Waals surface area contributed by atoms with E-state index in [1.54, 1.807) is 24.3 Å². The van der Waals surface area contributed by atoms with Crippen molar-refractivity contribution in [2.45, 2.75) is 0 Å². The second kappa shape index (κ2) is 7.12. The summed E-state index contributed by atoms with van der Waals surface area (Å²) in [5.74, 6) is 0. The Bertz CT molecular complexity index is 386. The van der Waals surface area contributed by atoms with Gasteiger partial charge in [-0.1, -0.05) is 54.6 Å². The molecule has 0 aromatic heterocycles. The van der Waals surface area contributed by atoms with Gasteiger partial charge in [0.2, 0.25) is 0 Å². The second-order valence-corrected chi connectivity index (χ2v) is 3.06. The van der Waals surface area contributed by atoms with E-state index in [1.807, 2.05) is 36.4 Å². The molecule has 0 amide bonds. The summed E-state index contributed by atoms with van der Waals surface area (Å²) in [5.41, 5.74) is 1.06. The fourth-order valence-corrected chi connectivity index (χ4v) is 1.09. The maximum atomic E-state index is 10.2. The summed E-state index contributed by atoms with van der Waals surface area (Å²) in [7, 11) is 0. The first-order valence-electron chi connectivity index (χ1n) is 4.87. The molecule has 2 nitrogen and oxygen atoms in total. The van der Waals surface area contributed by atoms with E-state index in [4.69, 9.17) is 0 Å². The lowest BCUT2D eigenvalue weighted by Gasteiger charge is -1.89. The maximum Gasteiger partial charge on any atom is 0.150 e. The molecule has 0 aliphatic heterocycles. The third-order valence-electron chi connectivity index (χ3n) is 1.85. The van der Waals surface area contributed by atoms with Gasteiger partial charge in [0.15, 0.2) is 0 Å². The fraction of sp³-hybridized carbons (Fsp3) is 0. The average Bonchev–Trinajstić information content (AvgIpc) is 2.41. The van der Waals surface area contributed by atoms with Gasteiger partial charge in [-0.2, -0.15) is 0 Å². The summed E-state index contributed by atoms with van der Waals surface area (Å²) in [6.07, 6.45) is 1.43. The molecule has 0 spiro atoms. The van der Waals surface area contributed by atoms with E-state index in [0.717, 1.165) is 0 Å². The van der Waals surface area contributed by atoms with E-state index in [9.17, 15) is 9.59 Å². The first-order chi connectivity index (χ1) is 7.86. The van der Waals surface area contributed by atoms with Crippen LogP contribution in [-0.4, -0.2) is 12.6 Å². The van der Waals surface area contributed by atoms with Gasteiger partial charge in [0.1, 0.15) is 12.6 Å². The average molecular weight is 212 g/mol. The molecule has 80 valence electrons. The molecule has 0 fully saturated rings. The van der Waals surface area contributed by atoms with Crippen LogP contribution in [0, 0.1) is 0 Å². The van der Waals surface area contributed by atoms with Crippen molar-refractivity contribution in [2.75, 3.05) is 0 Å². The van der Waals surface area contributed by atoms with Gasteiger partial charge in [-0.3, -0.25) is 9.59 Å². The van der Waals surface area contributed by atoms with E-state index in [-0.39, 0.29) is 0 Å². The van der Waals surface area contributed by atoms with Gasteiger partial charge in [-0.05, 0) is 6.07 Å². The number of rotatable bonds is 2. The van der Waals surface area contributed by atoms with Crippen molar-refractivity contribution in [3.63, 3.8) is 0 Å². The summed E-state index contributed by atoms with van der Waals surface area (Å²) in [6.45, 7) is 0. The smallest absolute Gasteiger partial charge is 0.150 e. The summed E-state index contributed by atoms with van der Waals surface area (Å²) in [5, 5.41) is 0. The van der Waals surface area contributed by atoms with Crippen LogP contribution in [0.25, 0.3) is 0 Å². The molecule has 2 rings (SSSR count). The predicted octanol–water partition coefficient (Wildman–Crippen LogP) is 3.00. The van der Waals surface area contributed by atoms with Crippen LogP contribution in [0.3, 0.4) is 0 Å². The number of hydrogen-bond donors (Lipinski definition) is 0. The molecule has 0 saturated heterocycles. The van der Waals surface area contributed by atoms with E-state index in [1.165, 1.54) is 0 Å². The van der Waals surface area contributed by atoms with Crippen LogP contribution >= 0.6 is 0 Å². The zero-order valence-electron chi connectivity index (χ0n) is 8.74. The molecule has 0 heterocycles. The second-order valence-electron chi connectivity index (χ2n) is 3.06. The third kappa shape index (κ3) is 4.33. The zero-order chi connectivity index (χ0) is 11.6. The Balaban J connectivity index is 0.000000181. The van der Waals surface area contributed by atoms with Gasteiger partial charge in [-0.25, -0.2) is 0 Å². The Morgan fingerprint density at radius 3 is 1.31 bits per heavy atom. The Morgan fingerprint density at radius 1 is 0.625 bits per heavy atom. The van der Waals surface area contributed by atoms with Crippen LogP contribution in [0.2, 0.25) is 0 Å². The number of carbonyl (C=O) groups is 2. The van der Waals surface area contributed by atoms with Crippen LogP contribution in [0.15, 0.2) is 60.7 Å². The molecule has 0 saturated carbocycles. The lowest BCUT2D eigenvalue weighted by Crippen LogP contribution is -1.82. The number of benzene rings is 2. The first-order valence-corrected chi connectivity index (χ1v) is 4.87. The molecule has 0 unspecified atom stereocenters. The molecule has 0 aliphatic carbocycles. The van der Waals surface area contributed by atoms with Gasteiger partial charge in [0.25, 0.3) is 0 Å². The van der Waals surface area contributed by atoms with E-state index in [2.05, 4.69) is 0 Å². The molecule has 0 aliphatic rings. The van der Waals surface area contributed by atoms with Crippen LogP contribution in [0.1, 0.15) is 20.7 Å².